The minimum atomic E-state index is -0.313. The standard InChI is InChI=1S/C33H38FN3O3/c1-24(26-13-15-27(16-14-26)32(38)35-19-8-22-36-20-6-2-3-7-21-36)31-33(39)37(23-25-11-17-28(34)18-12-25)29-9-4-5-10-30(29)40-31/h4-5,9-13,15-18,26H,2-3,6-8,14,19-23H2,1H3,(H,35,38)/b31-24-. The van der Waals surface area contributed by atoms with Crippen LogP contribution in [0.5, 0.6) is 5.75 Å². The van der Waals surface area contributed by atoms with E-state index in [0.717, 1.165) is 24.1 Å². The number of ether oxygens (including phenoxy) is 1. The fraction of sp³-hybridized carbons (Fsp3) is 0.394. The number of rotatable bonds is 8. The number of halogens is 1. The average Bonchev–Trinajstić information content (AvgIpc) is 3.26. The van der Waals surface area contributed by atoms with Crippen molar-refractivity contribution in [1.82, 2.24) is 10.2 Å². The van der Waals surface area contributed by atoms with Crippen molar-refractivity contribution in [3.05, 3.63) is 95.0 Å². The van der Waals surface area contributed by atoms with E-state index in [2.05, 4.69) is 10.2 Å². The predicted molar refractivity (Wildman–Crippen MR) is 155 cm³/mol. The van der Waals surface area contributed by atoms with E-state index in [-0.39, 0.29) is 23.5 Å². The van der Waals surface area contributed by atoms with Crippen molar-refractivity contribution in [3.8, 4) is 5.75 Å². The first-order valence-electron chi connectivity index (χ1n) is 14.4. The molecule has 6 nitrogen and oxygen atoms in total. The number of hydrogen-bond acceptors (Lipinski definition) is 4. The van der Waals surface area contributed by atoms with Crippen LogP contribution in [0.25, 0.3) is 0 Å². The van der Waals surface area contributed by atoms with Crippen LogP contribution in [0.3, 0.4) is 0 Å². The normalized spacial score (nSPS) is 20.8. The van der Waals surface area contributed by atoms with E-state index in [4.69, 9.17) is 4.74 Å². The molecule has 2 heterocycles. The monoisotopic (exact) mass is 543 g/mol. The molecule has 1 atom stereocenters. The second-order valence-electron chi connectivity index (χ2n) is 10.8. The third-order valence-corrected chi connectivity index (χ3v) is 7.97. The van der Waals surface area contributed by atoms with Crippen LogP contribution in [-0.4, -0.2) is 42.9 Å². The predicted octanol–water partition coefficient (Wildman–Crippen LogP) is 5.91. The Hall–Kier alpha value is -3.71. The molecule has 3 aliphatic rings. The van der Waals surface area contributed by atoms with Crippen LogP contribution in [0.4, 0.5) is 10.1 Å². The highest BCUT2D eigenvalue weighted by Crippen LogP contribution is 2.38. The third kappa shape index (κ3) is 6.70. The smallest absolute Gasteiger partial charge is 0.294 e. The van der Waals surface area contributed by atoms with Crippen molar-refractivity contribution >= 4 is 17.5 Å². The molecule has 0 bridgehead atoms. The van der Waals surface area contributed by atoms with Crippen LogP contribution in [0.2, 0.25) is 0 Å². The van der Waals surface area contributed by atoms with Gasteiger partial charge in [0.15, 0.2) is 11.5 Å². The number of nitrogens with zero attached hydrogens (tertiary/aromatic N) is 2. The number of benzene rings is 2. The van der Waals surface area contributed by atoms with E-state index in [1.807, 2.05) is 49.4 Å². The molecule has 1 saturated heterocycles. The van der Waals surface area contributed by atoms with Crippen LogP contribution in [0.15, 0.2) is 83.7 Å². The zero-order valence-corrected chi connectivity index (χ0v) is 23.2. The summed E-state index contributed by atoms with van der Waals surface area (Å²) in [6.45, 7) is 6.24. The number of amides is 2. The van der Waals surface area contributed by atoms with Gasteiger partial charge in [-0.15, -0.1) is 0 Å². The first kappa shape index (κ1) is 27.8. The summed E-state index contributed by atoms with van der Waals surface area (Å²) in [6.07, 6.45) is 12.5. The van der Waals surface area contributed by atoms with E-state index in [1.165, 1.54) is 50.9 Å². The van der Waals surface area contributed by atoms with Gasteiger partial charge < -0.3 is 15.0 Å². The van der Waals surface area contributed by atoms with Crippen molar-refractivity contribution in [2.75, 3.05) is 31.1 Å². The Kier molecular flexibility index (Phi) is 9.12. The molecular weight excluding hydrogens is 505 g/mol. The van der Waals surface area contributed by atoms with Gasteiger partial charge in [0, 0.05) is 18.0 Å². The number of anilines is 1. The zero-order valence-electron chi connectivity index (χ0n) is 23.2. The largest absolute Gasteiger partial charge is 0.449 e. The number of carbonyl (C=O) groups excluding carboxylic acids is 2. The number of likely N-dealkylation sites (tertiary alicyclic amines) is 1. The summed E-state index contributed by atoms with van der Waals surface area (Å²) >= 11 is 0. The van der Waals surface area contributed by atoms with Gasteiger partial charge >= 0.3 is 0 Å². The molecule has 2 amide bonds. The van der Waals surface area contributed by atoms with E-state index in [9.17, 15) is 14.0 Å². The van der Waals surface area contributed by atoms with Crippen LogP contribution in [0.1, 0.15) is 51.0 Å². The summed E-state index contributed by atoms with van der Waals surface area (Å²) in [4.78, 5) is 30.6. The van der Waals surface area contributed by atoms with Gasteiger partial charge in [-0.1, -0.05) is 55.3 Å². The van der Waals surface area contributed by atoms with Gasteiger partial charge in [-0.2, -0.15) is 0 Å². The van der Waals surface area contributed by atoms with Gasteiger partial charge in [0.25, 0.3) is 11.8 Å². The van der Waals surface area contributed by atoms with E-state index >= 15 is 0 Å². The molecule has 2 aromatic rings. The van der Waals surface area contributed by atoms with Crippen molar-refractivity contribution in [2.24, 2.45) is 5.92 Å². The van der Waals surface area contributed by atoms with Gasteiger partial charge in [-0.05, 0) is 87.6 Å². The van der Waals surface area contributed by atoms with Crippen molar-refractivity contribution < 1.29 is 18.7 Å². The lowest BCUT2D eigenvalue weighted by Crippen LogP contribution is -2.38. The Morgan fingerprint density at radius 3 is 2.52 bits per heavy atom. The number of fused-ring (bicyclic) bond motifs is 1. The number of para-hydroxylation sites is 2. The number of hydrogen-bond donors (Lipinski definition) is 1. The van der Waals surface area contributed by atoms with Crippen LogP contribution >= 0.6 is 0 Å². The molecule has 5 rings (SSSR count). The maximum Gasteiger partial charge on any atom is 0.294 e. The SMILES string of the molecule is C/C(=C1/Oc2ccccc2N(Cc2ccc(F)cc2)C1=O)C1C=CC(C(=O)NCCCN2CCCCCC2)=CC1. The molecule has 0 radical (unpaired) electrons. The first-order chi connectivity index (χ1) is 19.5. The van der Waals surface area contributed by atoms with Crippen molar-refractivity contribution in [1.29, 1.82) is 0 Å². The molecule has 2 aromatic carbocycles. The van der Waals surface area contributed by atoms with Gasteiger partial charge in [0.1, 0.15) is 5.82 Å². The molecule has 210 valence electrons. The lowest BCUT2D eigenvalue weighted by atomic mass is 9.89. The minimum absolute atomic E-state index is 0.0553. The quantitative estimate of drug-likeness (QED) is 0.332. The molecular formula is C33H38FN3O3. The molecule has 0 aromatic heterocycles. The Labute approximate surface area is 236 Å². The average molecular weight is 544 g/mol. The summed E-state index contributed by atoms with van der Waals surface area (Å²) in [5, 5.41) is 3.06. The van der Waals surface area contributed by atoms with E-state index < -0.39 is 0 Å². The minimum Gasteiger partial charge on any atom is -0.449 e. The molecule has 0 spiro atoms. The van der Waals surface area contributed by atoms with Gasteiger partial charge in [-0.25, -0.2) is 4.39 Å². The van der Waals surface area contributed by atoms with Crippen molar-refractivity contribution in [3.63, 3.8) is 0 Å². The highest BCUT2D eigenvalue weighted by molar-refractivity contribution is 6.07. The van der Waals surface area contributed by atoms with Crippen molar-refractivity contribution in [2.45, 2.75) is 52.0 Å². The highest BCUT2D eigenvalue weighted by Gasteiger charge is 2.33. The number of allylic oxidation sites excluding steroid dienone is 3. The van der Waals surface area contributed by atoms with Crippen LogP contribution in [0, 0.1) is 11.7 Å². The van der Waals surface area contributed by atoms with E-state index in [0.29, 0.717) is 42.3 Å². The molecule has 2 aliphatic heterocycles. The third-order valence-electron chi connectivity index (χ3n) is 7.97. The molecule has 1 fully saturated rings. The summed E-state index contributed by atoms with van der Waals surface area (Å²) in [6, 6.07) is 13.6. The lowest BCUT2D eigenvalue weighted by molar-refractivity contribution is -0.118. The van der Waals surface area contributed by atoms with Gasteiger partial charge in [0.2, 0.25) is 0 Å². The summed E-state index contributed by atoms with van der Waals surface area (Å²) in [5.74, 6) is 0.244. The highest BCUT2D eigenvalue weighted by atomic mass is 19.1. The topological polar surface area (TPSA) is 61.9 Å². The summed E-state index contributed by atoms with van der Waals surface area (Å²) < 4.78 is 19.6. The first-order valence-corrected chi connectivity index (χ1v) is 14.4. The number of carbonyl (C=O) groups is 2. The van der Waals surface area contributed by atoms with Gasteiger partial charge in [-0.3, -0.25) is 14.5 Å². The fourth-order valence-electron chi connectivity index (χ4n) is 5.58. The number of nitrogens with one attached hydrogen (secondary N) is 1. The van der Waals surface area contributed by atoms with Crippen LogP contribution in [-0.2, 0) is 16.1 Å². The molecule has 7 heteroatoms. The maximum atomic E-state index is 13.7. The second-order valence-corrected chi connectivity index (χ2v) is 10.8. The molecule has 1 aliphatic carbocycles. The Morgan fingerprint density at radius 2 is 1.80 bits per heavy atom. The molecule has 1 N–H and O–H groups in total. The van der Waals surface area contributed by atoms with Crippen LogP contribution < -0.4 is 15.0 Å². The summed E-state index contributed by atoms with van der Waals surface area (Å²) in [5.41, 5.74) is 2.98. The molecule has 1 unspecified atom stereocenters. The fourth-order valence-corrected chi connectivity index (χ4v) is 5.58. The molecule has 0 saturated carbocycles. The second kappa shape index (κ2) is 13.1. The Balaban J connectivity index is 1.21. The maximum absolute atomic E-state index is 13.7. The van der Waals surface area contributed by atoms with E-state index in [1.54, 1.807) is 17.0 Å². The Bertz CT molecular complexity index is 1310. The Morgan fingerprint density at radius 1 is 1.05 bits per heavy atom. The zero-order chi connectivity index (χ0) is 27.9. The van der Waals surface area contributed by atoms with Gasteiger partial charge in [0.05, 0.1) is 12.2 Å². The lowest BCUT2D eigenvalue weighted by Gasteiger charge is -2.32. The summed E-state index contributed by atoms with van der Waals surface area (Å²) in [7, 11) is 0. The molecule has 40 heavy (non-hydrogen) atoms.